The number of nitrogens with zero attached hydrogens (tertiary/aromatic N) is 2. The molecule has 1 aromatic heterocycles. The van der Waals surface area contributed by atoms with Crippen molar-refractivity contribution in [1.29, 1.82) is 5.41 Å². The number of halogens is 1. The van der Waals surface area contributed by atoms with Crippen molar-refractivity contribution in [1.82, 2.24) is 4.98 Å². The third kappa shape index (κ3) is 4.36. The molecule has 0 spiro atoms. The van der Waals surface area contributed by atoms with Crippen LogP contribution in [0, 0.1) is 11.2 Å². The van der Waals surface area contributed by atoms with E-state index >= 15 is 0 Å². The zero-order valence-corrected chi connectivity index (χ0v) is 18.3. The predicted molar refractivity (Wildman–Crippen MR) is 129 cm³/mol. The minimum atomic E-state index is -0.306. The van der Waals surface area contributed by atoms with E-state index in [2.05, 4.69) is 4.98 Å². The van der Waals surface area contributed by atoms with Crippen LogP contribution in [-0.4, -0.2) is 22.5 Å². The van der Waals surface area contributed by atoms with Crippen LogP contribution in [0.1, 0.15) is 10.6 Å². The molecule has 2 N–H and O–H groups in total. The lowest BCUT2D eigenvalue weighted by atomic mass is 10.2. The van der Waals surface area contributed by atoms with Gasteiger partial charge in [-0.25, -0.2) is 9.37 Å². The van der Waals surface area contributed by atoms with E-state index in [1.165, 1.54) is 23.5 Å². The van der Waals surface area contributed by atoms with E-state index in [0.29, 0.717) is 22.9 Å². The zero-order chi connectivity index (χ0) is 22.8. The van der Waals surface area contributed by atoms with E-state index in [9.17, 15) is 9.50 Å². The Bertz CT molecular complexity index is 1320. The lowest BCUT2D eigenvalue weighted by Gasteiger charge is -2.19. The topological polar surface area (TPSA) is 69.4 Å². The summed E-state index contributed by atoms with van der Waals surface area (Å²) in [7, 11) is 0. The molecule has 164 valence electrons. The lowest BCUT2D eigenvalue weighted by molar-refractivity contribution is 0.306. The van der Waals surface area contributed by atoms with Gasteiger partial charge in [0.2, 0.25) is 0 Å². The van der Waals surface area contributed by atoms with Gasteiger partial charge in [-0.15, -0.1) is 11.3 Å². The molecule has 33 heavy (non-hydrogen) atoms. The van der Waals surface area contributed by atoms with Gasteiger partial charge in [-0.3, -0.25) is 5.41 Å². The number of thiazole rings is 1. The van der Waals surface area contributed by atoms with Crippen LogP contribution >= 0.6 is 11.3 Å². The van der Waals surface area contributed by atoms with Gasteiger partial charge in [0.05, 0.1) is 17.8 Å². The summed E-state index contributed by atoms with van der Waals surface area (Å²) in [5.41, 5.74) is 3.75. The van der Waals surface area contributed by atoms with E-state index in [0.717, 1.165) is 22.6 Å². The van der Waals surface area contributed by atoms with E-state index in [4.69, 9.17) is 10.1 Å². The molecule has 0 saturated heterocycles. The molecule has 7 heteroatoms. The Kier molecular flexibility index (Phi) is 5.62. The Hall–Kier alpha value is -3.97. The molecule has 3 aromatic carbocycles. The van der Waals surface area contributed by atoms with E-state index < -0.39 is 0 Å². The summed E-state index contributed by atoms with van der Waals surface area (Å²) in [6, 6.07) is 23.5. The van der Waals surface area contributed by atoms with Crippen molar-refractivity contribution >= 4 is 28.4 Å². The Morgan fingerprint density at radius 1 is 1.00 bits per heavy atom. The molecule has 0 radical (unpaired) electrons. The van der Waals surface area contributed by atoms with E-state index in [1.807, 2.05) is 60.0 Å². The second-order valence-corrected chi connectivity index (χ2v) is 8.43. The highest BCUT2D eigenvalue weighted by molar-refractivity contribution is 7.11. The van der Waals surface area contributed by atoms with Crippen LogP contribution in [0.4, 0.5) is 10.1 Å². The highest BCUT2D eigenvalue weighted by atomic mass is 32.1. The fourth-order valence-corrected chi connectivity index (χ4v) is 4.53. The van der Waals surface area contributed by atoms with Crippen molar-refractivity contribution in [2.75, 3.05) is 11.4 Å². The first-order chi connectivity index (χ1) is 16.1. The summed E-state index contributed by atoms with van der Waals surface area (Å²) in [5.74, 6) is 0.712. The maximum Gasteiger partial charge on any atom is 0.139 e. The van der Waals surface area contributed by atoms with Crippen LogP contribution in [0.3, 0.4) is 0 Å². The van der Waals surface area contributed by atoms with Crippen molar-refractivity contribution < 1.29 is 14.2 Å². The van der Waals surface area contributed by atoms with Crippen LogP contribution in [0.5, 0.6) is 5.75 Å². The summed E-state index contributed by atoms with van der Waals surface area (Å²) >= 11 is 1.35. The van der Waals surface area contributed by atoms with Gasteiger partial charge in [0, 0.05) is 16.6 Å². The molecule has 0 bridgehead atoms. The van der Waals surface area contributed by atoms with Gasteiger partial charge < -0.3 is 14.7 Å². The van der Waals surface area contributed by atoms with Gasteiger partial charge in [-0.2, -0.15) is 0 Å². The fraction of sp³-hybridized carbons (Fsp3) is 0.0769. The third-order valence-corrected chi connectivity index (χ3v) is 6.22. The number of amidine groups is 1. The standard InChI is InChI=1S/C26H20FN3O2S/c27-19-8-6-18(7-9-19)22-16-33-26(29-22)24-23(31)14-30(25(24)28)20-10-12-21(13-11-20)32-15-17-4-2-1-3-5-17/h1-13,16,28,31H,14-15H2. The minimum absolute atomic E-state index is 0.101. The number of hydrogen-bond donors (Lipinski definition) is 2. The van der Waals surface area contributed by atoms with Crippen molar-refractivity contribution in [2.45, 2.75) is 6.61 Å². The third-order valence-electron chi connectivity index (χ3n) is 5.36. The predicted octanol–water partition coefficient (Wildman–Crippen LogP) is 6.29. The summed E-state index contributed by atoms with van der Waals surface area (Å²) in [5, 5.41) is 21.7. The molecular weight excluding hydrogens is 437 g/mol. The number of nitrogens with one attached hydrogen (secondary N) is 1. The number of rotatable bonds is 6. The zero-order valence-electron chi connectivity index (χ0n) is 17.5. The molecule has 0 atom stereocenters. The SMILES string of the molecule is N=C1C(c2nc(-c3ccc(F)cc3)cs2)=C(O)CN1c1ccc(OCc2ccccc2)cc1. The maximum absolute atomic E-state index is 13.2. The summed E-state index contributed by atoms with van der Waals surface area (Å²) in [4.78, 5) is 6.31. The van der Waals surface area contributed by atoms with Crippen molar-refractivity contribution in [2.24, 2.45) is 0 Å². The Balaban J connectivity index is 1.29. The minimum Gasteiger partial charge on any atom is -0.510 e. The maximum atomic E-state index is 13.2. The average Bonchev–Trinajstić information content (AvgIpc) is 3.43. The summed E-state index contributed by atoms with van der Waals surface area (Å²) < 4.78 is 19.0. The first kappa shape index (κ1) is 20.9. The average molecular weight is 458 g/mol. The Morgan fingerprint density at radius 3 is 2.45 bits per heavy atom. The van der Waals surface area contributed by atoms with Gasteiger partial charge in [0.15, 0.2) is 0 Å². The number of ether oxygens (including phenoxy) is 1. The second-order valence-electron chi connectivity index (χ2n) is 7.57. The molecule has 0 saturated carbocycles. The van der Waals surface area contributed by atoms with Gasteiger partial charge >= 0.3 is 0 Å². The molecule has 0 fully saturated rings. The Morgan fingerprint density at radius 2 is 1.73 bits per heavy atom. The molecule has 5 rings (SSSR count). The lowest BCUT2D eigenvalue weighted by Crippen LogP contribution is -2.25. The van der Waals surface area contributed by atoms with Gasteiger partial charge in [-0.1, -0.05) is 30.3 Å². The van der Waals surface area contributed by atoms with Crippen LogP contribution in [0.25, 0.3) is 16.8 Å². The Labute approximate surface area is 194 Å². The number of benzene rings is 3. The largest absolute Gasteiger partial charge is 0.510 e. The van der Waals surface area contributed by atoms with Crippen LogP contribution < -0.4 is 9.64 Å². The van der Waals surface area contributed by atoms with E-state index in [-0.39, 0.29) is 24.0 Å². The van der Waals surface area contributed by atoms with Crippen LogP contribution in [0.15, 0.2) is 90.0 Å². The molecule has 1 aliphatic heterocycles. The normalized spacial score (nSPS) is 13.6. The van der Waals surface area contributed by atoms with Crippen molar-refractivity contribution in [3.8, 4) is 17.0 Å². The fourth-order valence-electron chi connectivity index (χ4n) is 3.63. The number of aliphatic hydroxyl groups is 1. The number of aromatic nitrogens is 1. The first-order valence-electron chi connectivity index (χ1n) is 10.4. The smallest absolute Gasteiger partial charge is 0.139 e. The highest BCUT2D eigenvalue weighted by Crippen LogP contribution is 2.35. The summed E-state index contributed by atoms with van der Waals surface area (Å²) in [6.45, 7) is 0.677. The van der Waals surface area contributed by atoms with Gasteiger partial charge in [-0.05, 0) is 54.1 Å². The molecule has 5 nitrogen and oxygen atoms in total. The molecule has 2 heterocycles. The number of anilines is 1. The van der Waals surface area contributed by atoms with Crippen LogP contribution in [-0.2, 0) is 6.61 Å². The highest BCUT2D eigenvalue weighted by Gasteiger charge is 2.31. The monoisotopic (exact) mass is 457 g/mol. The van der Waals surface area contributed by atoms with Crippen molar-refractivity contribution in [3.05, 3.63) is 106 Å². The number of aliphatic hydroxyl groups excluding tert-OH is 1. The first-order valence-corrected chi connectivity index (χ1v) is 11.2. The molecular formula is C26H20FN3O2S. The van der Waals surface area contributed by atoms with E-state index in [1.54, 1.807) is 17.0 Å². The van der Waals surface area contributed by atoms with Gasteiger partial charge in [0.1, 0.15) is 34.8 Å². The quantitative estimate of drug-likeness (QED) is 0.357. The molecule has 1 aliphatic rings. The van der Waals surface area contributed by atoms with Crippen LogP contribution in [0.2, 0.25) is 0 Å². The summed E-state index contributed by atoms with van der Waals surface area (Å²) in [6.07, 6.45) is 0. The molecule has 4 aromatic rings. The molecule has 0 unspecified atom stereocenters. The second kappa shape index (κ2) is 8.88. The van der Waals surface area contributed by atoms with Crippen molar-refractivity contribution in [3.63, 3.8) is 0 Å². The molecule has 0 amide bonds. The molecule has 0 aliphatic carbocycles. The van der Waals surface area contributed by atoms with Gasteiger partial charge in [0.25, 0.3) is 0 Å². The number of hydrogen-bond acceptors (Lipinski definition) is 5.